The van der Waals surface area contributed by atoms with Gasteiger partial charge in [-0.1, -0.05) is 18.5 Å². The molecule has 2 aliphatic heterocycles. The zero-order valence-electron chi connectivity index (χ0n) is 16.3. The van der Waals surface area contributed by atoms with Crippen LogP contribution in [0.25, 0.3) is 0 Å². The smallest absolute Gasteiger partial charge is 0.273 e. The van der Waals surface area contributed by atoms with Crippen LogP contribution in [-0.2, 0) is 19.7 Å². The molecule has 0 aromatic heterocycles. The topological polar surface area (TPSA) is 97.3 Å². The monoisotopic (exact) mass is 409 g/mol. The molecule has 1 aromatic carbocycles. The number of hydrogen-bond acceptors (Lipinski definition) is 6. The number of ether oxygens (including phenoxy) is 1. The molecule has 2 heterocycles. The standard InChI is InChI=1S/C19H27N3O5S/c1-3-4-12-28(24,25)22-11-5-10-19(14-22)13-17(21-27-19)18(23)20-15-6-8-16(26-2)9-7-15/h6-9H,3-5,10-14H2,1-2H3,(H,20,23)/t19-/m0/s1. The molecular weight excluding hydrogens is 382 g/mol. The molecule has 0 radical (unpaired) electrons. The van der Waals surface area contributed by atoms with Gasteiger partial charge in [0, 0.05) is 18.7 Å². The minimum absolute atomic E-state index is 0.144. The van der Waals surface area contributed by atoms with Crippen molar-refractivity contribution in [2.45, 2.75) is 44.6 Å². The third-order valence-corrected chi connectivity index (χ3v) is 7.01. The third-order valence-electron chi connectivity index (χ3n) is 5.10. The largest absolute Gasteiger partial charge is 0.497 e. The Labute approximate surface area is 165 Å². The lowest BCUT2D eigenvalue weighted by Crippen LogP contribution is -2.51. The maximum atomic E-state index is 12.5. The Balaban J connectivity index is 1.61. The van der Waals surface area contributed by atoms with Crippen LogP contribution in [-0.4, -0.2) is 55.9 Å². The van der Waals surface area contributed by atoms with Crippen molar-refractivity contribution >= 4 is 27.3 Å². The number of oxime groups is 1. The Morgan fingerprint density at radius 2 is 2.11 bits per heavy atom. The van der Waals surface area contributed by atoms with Crippen molar-refractivity contribution in [3.63, 3.8) is 0 Å². The van der Waals surface area contributed by atoms with Gasteiger partial charge in [0.15, 0.2) is 5.60 Å². The van der Waals surface area contributed by atoms with Crippen molar-refractivity contribution in [3.05, 3.63) is 24.3 Å². The highest BCUT2D eigenvalue weighted by Crippen LogP contribution is 2.35. The van der Waals surface area contributed by atoms with Gasteiger partial charge in [-0.15, -0.1) is 0 Å². The molecule has 1 fully saturated rings. The number of carbonyl (C=O) groups excluding carboxylic acids is 1. The molecule has 2 aliphatic rings. The number of carbonyl (C=O) groups is 1. The van der Waals surface area contributed by atoms with Crippen molar-refractivity contribution in [1.29, 1.82) is 0 Å². The summed E-state index contributed by atoms with van der Waals surface area (Å²) in [5, 5.41) is 6.77. The van der Waals surface area contributed by atoms with Gasteiger partial charge in [-0.2, -0.15) is 4.31 Å². The van der Waals surface area contributed by atoms with Gasteiger partial charge in [0.1, 0.15) is 11.5 Å². The number of nitrogens with zero attached hydrogens (tertiary/aromatic N) is 2. The number of piperidine rings is 1. The molecule has 9 heteroatoms. The number of nitrogens with one attached hydrogen (secondary N) is 1. The number of unbranched alkanes of at least 4 members (excludes halogenated alkanes) is 1. The number of amides is 1. The first-order valence-electron chi connectivity index (χ1n) is 9.56. The van der Waals surface area contributed by atoms with Crippen LogP contribution >= 0.6 is 0 Å². The van der Waals surface area contributed by atoms with E-state index in [1.807, 2.05) is 6.92 Å². The molecule has 0 unspecified atom stereocenters. The summed E-state index contributed by atoms with van der Waals surface area (Å²) in [6.07, 6.45) is 3.13. The van der Waals surface area contributed by atoms with E-state index in [1.54, 1.807) is 31.4 Å². The molecule has 8 nitrogen and oxygen atoms in total. The van der Waals surface area contributed by atoms with Gasteiger partial charge >= 0.3 is 0 Å². The Morgan fingerprint density at radius 1 is 1.36 bits per heavy atom. The van der Waals surface area contributed by atoms with Crippen LogP contribution < -0.4 is 10.1 Å². The van der Waals surface area contributed by atoms with Crippen molar-refractivity contribution in [2.24, 2.45) is 5.16 Å². The number of benzene rings is 1. The molecule has 1 saturated heterocycles. The molecule has 3 rings (SSSR count). The van der Waals surface area contributed by atoms with E-state index in [2.05, 4.69) is 10.5 Å². The summed E-state index contributed by atoms with van der Waals surface area (Å²) in [5.41, 5.74) is 0.162. The molecule has 1 atom stereocenters. The van der Waals surface area contributed by atoms with Crippen molar-refractivity contribution in [3.8, 4) is 5.75 Å². The van der Waals surface area contributed by atoms with Gasteiger partial charge in [-0.05, 0) is 43.5 Å². The highest BCUT2D eigenvalue weighted by molar-refractivity contribution is 7.89. The van der Waals surface area contributed by atoms with Crippen LogP contribution in [0.2, 0.25) is 0 Å². The zero-order chi connectivity index (χ0) is 20.2. The maximum absolute atomic E-state index is 12.5. The van der Waals surface area contributed by atoms with E-state index in [9.17, 15) is 13.2 Å². The van der Waals surface area contributed by atoms with Crippen molar-refractivity contribution < 1.29 is 22.8 Å². The molecule has 0 bridgehead atoms. The summed E-state index contributed by atoms with van der Waals surface area (Å²) in [7, 11) is -1.73. The molecule has 1 N–H and O–H groups in total. The summed E-state index contributed by atoms with van der Waals surface area (Å²) in [6, 6.07) is 6.99. The van der Waals surface area contributed by atoms with Crippen molar-refractivity contribution in [2.75, 3.05) is 31.3 Å². The van der Waals surface area contributed by atoms with E-state index in [0.717, 1.165) is 6.42 Å². The fourth-order valence-corrected chi connectivity index (χ4v) is 5.24. The minimum Gasteiger partial charge on any atom is -0.497 e. The van der Waals surface area contributed by atoms with Crippen LogP contribution in [0.3, 0.4) is 0 Å². The predicted molar refractivity (Wildman–Crippen MR) is 107 cm³/mol. The summed E-state index contributed by atoms with van der Waals surface area (Å²) in [4.78, 5) is 18.2. The van der Waals surface area contributed by atoms with Crippen LogP contribution in [0.5, 0.6) is 5.75 Å². The van der Waals surface area contributed by atoms with E-state index in [-0.39, 0.29) is 23.9 Å². The average molecular weight is 410 g/mol. The molecule has 1 aromatic rings. The number of rotatable bonds is 7. The van der Waals surface area contributed by atoms with Crippen LogP contribution in [0, 0.1) is 0 Å². The van der Waals surface area contributed by atoms with E-state index in [4.69, 9.17) is 9.57 Å². The third kappa shape index (κ3) is 4.64. The molecular formula is C19H27N3O5S. The second-order valence-electron chi connectivity index (χ2n) is 7.28. The molecule has 1 amide bonds. The first kappa shape index (κ1) is 20.6. The molecule has 28 heavy (non-hydrogen) atoms. The van der Waals surface area contributed by atoms with Gasteiger partial charge < -0.3 is 14.9 Å². The molecule has 0 saturated carbocycles. The molecule has 154 valence electrons. The second kappa shape index (κ2) is 8.48. The highest BCUT2D eigenvalue weighted by atomic mass is 32.2. The lowest BCUT2D eigenvalue weighted by molar-refractivity contribution is -0.110. The number of methoxy groups -OCH3 is 1. The fraction of sp³-hybridized carbons (Fsp3) is 0.579. The maximum Gasteiger partial charge on any atom is 0.273 e. The SMILES string of the molecule is CCCCS(=O)(=O)N1CCC[C@]2(CC(C(=O)Nc3ccc(OC)cc3)=NO2)C1. The summed E-state index contributed by atoms with van der Waals surface area (Å²) in [6.45, 7) is 2.70. The second-order valence-corrected chi connectivity index (χ2v) is 9.37. The van der Waals surface area contributed by atoms with E-state index >= 15 is 0 Å². The lowest BCUT2D eigenvalue weighted by Gasteiger charge is -2.37. The summed E-state index contributed by atoms with van der Waals surface area (Å²) < 4.78 is 31.7. The van der Waals surface area contributed by atoms with Gasteiger partial charge in [0.05, 0.1) is 19.4 Å². The minimum atomic E-state index is -3.31. The Hall–Kier alpha value is -2.13. The Bertz CT molecular complexity index is 838. The van der Waals surface area contributed by atoms with Gasteiger partial charge in [-0.25, -0.2) is 8.42 Å². The van der Waals surface area contributed by atoms with Crippen molar-refractivity contribution in [1.82, 2.24) is 4.31 Å². The Morgan fingerprint density at radius 3 is 2.79 bits per heavy atom. The molecule has 1 spiro atoms. The van der Waals surface area contributed by atoms with Crippen LogP contribution in [0.15, 0.2) is 29.4 Å². The van der Waals surface area contributed by atoms with E-state index < -0.39 is 15.6 Å². The average Bonchev–Trinajstić information content (AvgIpc) is 3.10. The summed E-state index contributed by atoms with van der Waals surface area (Å²) in [5.74, 6) is 0.503. The number of anilines is 1. The first-order valence-corrected chi connectivity index (χ1v) is 11.2. The van der Waals surface area contributed by atoms with E-state index in [1.165, 1.54) is 4.31 Å². The number of sulfonamides is 1. The quantitative estimate of drug-likeness (QED) is 0.746. The zero-order valence-corrected chi connectivity index (χ0v) is 17.1. The summed E-state index contributed by atoms with van der Waals surface area (Å²) >= 11 is 0. The predicted octanol–water partition coefficient (Wildman–Crippen LogP) is 2.37. The van der Waals surface area contributed by atoms with E-state index in [0.29, 0.717) is 43.7 Å². The van der Waals surface area contributed by atoms with Crippen LogP contribution in [0.1, 0.15) is 39.0 Å². The van der Waals surface area contributed by atoms with Gasteiger partial charge in [0.25, 0.3) is 5.91 Å². The first-order chi connectivity index (χ1) is 13.4. The molecule has 0 aliphatic carbocycles. The van der Waals surface area contributed by atoms with Crippen LogP contribution in [0.4, 0.5) is 5.69 Å². The van der Waals surface area contributed by atoms with Gasteiger partial charge in [0.2, 0.25) is 10.0 Å². The normalized spacial score (nSPS) is 22.6. The van der Waals surface area contributed by atoms with Gasteiger partial charge in [-0.3, -0.25) is 4.79 Å². The Kier molecular flexibility index (Phi) is 6.24. The highest BCUT2D eigenvalue weighted by Gasteiger charge is 2.46. The lowest BCUT2D eigenvalue weighted by atomic mass is 9.89. The number of hydrogen-bond donors (Lipinski definition) is 1. The fourth-order valence-electron chi connectivity index (χ4n) is 3.49.